The van der Waals surface area contributed by atoms with Crippen LogP contribution >= 0.6 is 11.5 Å². The zero-order valence-electron chi connectivity index (χ0n) is 11.0. The Kier molecular flexibility index (Phi) is 4.98. The molecule has 6 nitrogen and oxygen atoms in total. The molecular formula is C12H19N3O3S. The van der Waals surface area contributed by atoms with Crippen LogP contribution in [0.2, 0.25) is 0 Å². The molecule has 1 atom stereocenters. The third-order valence-electron chi connectivity index (χ3n) is 2.97. The highest BCUT2D eigenvalue weighted by molar-refractivity contribution is 7.11. The Bertz CT molecular complexity index is 430. The number of aromatic nitrogens is 1. The van der Waals surface area contributed by atoms with Crippen molar-refractivity contribution < 1.29 is 14.3 Å². The second-order valence-electron chi connectivity index (χ2n) is 4.34. The monoisotopic (exact) mass is 285 g/mol. The van der Waals surface area contributed by atoms with Crippen molar-refractivity contribution >= 4 is 28.3 Å². The summed E-state index contributed by atoms with van der Waals surface area (Å²) in [5, 5.41) is 3.87. The van der Waals surface area contributed by atoms with E-state index < -0.39 is 5.97 Å². The van der Waals surface area contributed by atoms with Gasteiger partial charge < -0.3 is 20.5 Å². The molecule has 1 aliphatic heterocycles. The number of nitrogens with two attached hydrogens (primary N) is 1. The molecule has 3 N–H and O–H groups in total. The van der Waals surface area contributed by atoms with Gasteiger partial charge in [0.25, 0.3) is 0 Å². The molecule has 1 aromatic heterocycles. The quantitative estimate of drug-likeness (QED) is 0.776. The van der Waals surface area contributed by atoms with Gasteiger partial charge in [-0.1, -0.05) is 0 Å². The van der Waals surface area contributed by atoms with Crippen molar-refractivity contribution in [1.82, 2.24) is 4.37 Å². The highest BCUT2D eigenvalue weighted by Gasteiger charge is 2.21. The first kappa shape index (κ1) is 14.1. The van der Waals surface area contributed by atoms with Gasteiger partial charge in [0.15, 0.2) is 5.82 Å². The summed E-state index contributed by atoms with van der Waals surface area (Å²) < 4.78 is 14.5. The summed E-state index contributed by atoms with van der Waals surface area (Å²) in [6.45, 7) is 3.67. The van der Waals surface area contributed by atoms with Gasteiger partial charge in [0.05, 0.1) is 12.7 Å². The summed E-state index contributed by atoms with van der Waals surface area (Å²) in [4.78, 5) is 11.8. The molecule has 2 rings (SSSR count). The van der Waals surface area contributed by atoms with Crippen molar-refractivity contribution in [3.63, 3.8) is 0 Å². The predicted octanol–water partition coefficient (Wildman–Crippen LogP) is 1.88. The van der Waals surface area contributed by atoms with E-state index in [9.17, 15) is 4.79 Å². The van der Waals surface area contributed by atoms with Crippen LogP contribution in [-0.2, 0) is 9.47 Å². The van der Waals surface area contributed by atoms with Crippen molar-refractivity contribution in [2.24, 2.45) is 0 Å². The second kappa shape index (κ2) is 6.72. The molecule has 0 spiro atoms. The minimum Gasteiger partial charge on any atom is -0.462 e. The summed E-state index contributed by atoms with van der Waals surface area (Å²) in [6.07, 6.45) is 3.48. The topological polar surface area (TPSA) is 86.5 Å². The smallest absolute Gasteiger partial charge is 0.344 e. The van der Waals surface area contributed by atoms with Crippen LogP contribution in [-0.4, -0.2) is 36.2 Å². The third-order valence-corrected chi connectivity index (χ3v) is 3.79. The number of carbonyl (C=O) groups is 1. The van der Waals surface area contributed by atoms with Crippen LogP contribution < -0.4 is 11.1 Å². The molecule has 0 amide bonds. The van der Waals surface area contributed by atoms with Gasteiger partial charge in [-0.05, 0) is 37.7 Å². The fourth-order valence-electron chi connectivity index (χ4n) is 2.04. The lowest BCUT2D eigenvalue weighted by atomic mass is 10.2. The Labute approximate surface area is 116 Å². The maximum Gasteiger partial charge on any atom is 0.344 e. The Hall–Kier alpha value is -1.34. The Morgan fingerprint density at radius 1 is 1.68 bits per heavy atom. The van der Waals surface area contributed by atoms with Crippen molar-refractivity contribution in [2.45, 2.75) is 32.3 Å². The van der Waals surface area contributed by atoms with Crippen LogP contribution in [0, 0.1) is 0 Å². The third kappa shape index (κ3) is 3.57. The molecule has 7 heteroatoms. The number of hydrogen-bond acceptors (Lipinski definition) is 7. The van der Waals surface area contributed by atoms with Crippen LogP contribution in [0.4, 0.5) is 10.8 Å². The molecule has 0 bridgehead atoms. The lowest BCUT2D eigenvalue weighted by Crippen LogP contribution is -2.14. The summed E-state index contributed by atoms with van der Waals surface area (Å²) in [5.74, 6) is -0.198. The molecule has 0 aromatic carbocycles. The van der Waals surface area contributed by atoms with Gasteiger partial charge in [-0.2, -0.15) is 4.37 Å². The van der Waals surface area contributed by atoms with Crippen molar-refractivity contribution in [2.75, 3.05) is 30.8 Å². The van der Waals surface area contributed by atoms with E-state index >= 15 is 0 Å². The van der Waals surface area contributed by atoms with Crippen LogP contribution in [0.1, 0.15) is 36.5 Å². The van der Waals surface area contributed by atoms with E-state index in [1.807, 2.05) is 0 Å². The molecule has 0 radical (unpaired) electrons. The molecule has 1 aliphatic rings. The maximum absolute atomic E-state index is 11.8. The lowest BCUT2D eigenvalue weighted by molar-refractivity contribution is 0.0529. The minimum absolute atomic E-state index is 0.225. The van der Waals surface area contributed by atoms with Gasteiger partial charge in [0.2, 0.25) is 0 Å². The average Bonchev–Trinajstić information content (AvgIpc) is 3.00. The van der Waals surface area contributed by atoms with E-state index in [0.717, 1.165) is 32.4 Å². The van der Waals surface area contributed by atoms with E-state index in [1.165, 1.54) is 11.5 Å². The first-order valence-electron chi connectivity index (χ1n) is 6.50. The zero-order chi connectivity index (χ0) is 13.7. The van der Waals surface area contributed by atoms with Crippen LogP contribution in [0.25, 0.3) is 0 Å². The van der Waals surface area contributed by atoms with Gasteiger partial charge in [-0.15, -0.1) is 0 Å². The number of esters is 1. The fraction of sp³-hybridized carbons (Fsp3) is 0.667. The Morgan fingerprint density at radius 3 is 3.21 bits per heavy atom. The number of nitrogen functional groups attached to an aromatic ring is 1. The molecule has 1 unspecified atom stereocenters. The maximum atomic E-state index is 11.8. The normalized spacial score (nSPS) is 18.5. The highest BCUT2D eigenvalue weighted by atomic mass is 32.1. The van der Waals surface area contributed by atoms with Gasteiger partial charge in [-0.25, -0.2) is 4.79 Å². The molecular weight excluding hydrogens is 266 g/mol. The second-order valence-corrected chi connectivity index (χ2v) is 5.12. The minimum atomic E-state index is -0.423. The van der Waals surface area contributed by atoms with E-state index in [2.05, 4.69) is 9.69 Å². The largest absolute Gasteiger partial charge is 0.462 e. The average molecular weight is 285 g/mol. The molecule has 1 saturated heterocycles. The van der Waals surface area contributed by atoms with E-state index in [-0.39, 0.29) is 5.82 Å². The zero-order valence-corrected chi connectivity index (χ0v) is 11.8. The van der Waals surface area contributed by atoms with Gasteiger partial charge >= 0.3 is 5.97 Å². The summed E-state index contributed by atoms with van der Waals surface area (Å²) in [5.41, 5.74) is 6.05. The molecule has 106 valence electrons. The predicted molar refractivity (Wildman–Crippen MR) is 74.6 cm³/mol. The number of hydrogen-bond donors (Lipinski definition) is 2. The van der Waals surface area contributed by atoms with Gasteiger partial charge in [-0.3, -0.25) is 0 Å². The van der Waals surface area contributed by atoms with E-state index in [0.29, 0.717) is 23.3 Å². The van der Waals surface area contributed by atoms with Crippen molar-refractivity contribution in [3.05, 3.63) is 5.56 Å². The number of nitrogens with one attached hydrogen (secondary N) is 1. The first-order valence-corrected chi connectivity index (χ1v) is 7.27. The molecule has 19 heavy (non-hydrogen) atoms. The van der Waals surface area contributed by atoms with Crippen LogP contribution in [0.5, 0.6) is 0 Å². The van der Waals surface area contributed by atoms with Gasteiger partial charge in [0, 0.05) is 13.2 Å². The summed E-state index contributed by atoms with van der Waals surface area (Å²) in [7, 11) is 0. The summed E-state index contributed by atoms with van der Waals surface area (Å²) in [6, 6.07) is 0. The molecule has 0 aliphatic carbocycles. The molecule has 1 aromatic rings. The number of anilines is 2. The molecule has 1 fully saturated rings. The number of ether oxygens (including phenoxy) is 2. The number of nitrogens with zero attached hydrogens (tertiary/aromatic N) is 1. The molecule has 0 saturated carbocycles. The standard InChI is InChI=1S/C12H19N3O3S/c1-2-17-12(16)9-10(13)15-19-11(9)14-6-5-8-4-3-7-18-8/h8,14H,2-7H2,1H3,(H2,13,15). The van der Waals surface area contributed by atoms with E-state index in [4.69, 9.17) is 15.2 Å². The number of carbonyl (C=O) groups excluding carboxylic acids is 1. The Balaban J connectivity index is 1.90. The van der Waals surface area contributed by atoms with Crippen LogP contribution in [0.15, 0.2) is 0 Å². The van der Waals surface area contributed by atoms with Crippen molar-refractivity contribution in [3.8, 4) is 0 Å². The van der Waals surface area contributed by atoms with Crippen molar-refractivity contribution in [1.29, 1.82) is 0 Å². The lowest BCUT2D eigenvalue weighted by Gasteiger charge is -2.10. The van der Waals surface area contributed by atoms with Gasteiger partial charge in [0.1, 0.15) is 10.6 Å². The van der Waals surface area contributed by atoms with E-state index in [1.54, 1.807) is 6.92 Å². The molecule has 2 heterocycles. The Morgan fingerprint density at radius 2 is 2.53 bits per heavy atom. The first-order chi connectivity index (χ1) is 9.22. The number of rotatable bonds is 6. The fourth-order valence-corrected chi connectivity index (χ4v) is 2.77. The SMILES string of the molecule is CCOC(=O)c1c(N)nsc1NCCC1CCCO1. The highest BCUT2D eigenvalue weighted by Crippen LogP contribution is 2.27. The van der Waals surface area contributed by atoms with Crippen LogP contribution in [0.3, 0.4) is 0 Å². The summed E-state index contributed by atoms with van der Waals surface area (Å²) >= 11 is 1.19.